The molecule has 4 heteroatoms. The van der Waals surface area contributed by atoms with Crippen LogP contribution < -0.4 is 5.32 Å². The highest BCUT2D eigenvalue weighted by molar-refractivity contribution is 6.30. The molecule has 1 unspecified atom stereocenters. The Bertz CT molecular complexity index is 398. The zero-order valence-electron chi connectivity index (χ0n) is 11.0. The maximum atomic E-state index is 6.15. The number of halogens is 1. The average molecular weight is 268 g/mol. The van der Waals surface area contributed by atoms with E-state index in [0.717, 1.165) is 37.3 Å². The summed E-state index contributed by atoms with van der Waals surface area (Å²) in [7, 11) is 0. The lowest BCUT2D eigenvalue weighted by Gasteiger charge is -2.18. The summed E-state index contributed by atoms with van der Waals surface area (Å²) in [4.78, 5) is 7.70. The van der Waals surface area contributed by atoms with Crippen LogP contribution in [-0.2, 0) is 13.0 Å². The fourth-order valence-corrected chi connectivity index (χ4v) is 2.46. The van der Waals surface area contributed by atoms with Crippen LogP contribution in [0.3, 0.4) is 0 Å². The molecule has 0 saturated heterocycles. The van der Waals surface area contributed by atoms with Gasteiger partial charge in [-0.15, -0.1) is 0 Å². The molecule has 100 valence electrons. The van der Waals surface area contributed by atoms with E-state index in [1.807, 2.05) is 0 Å². The van der Waals surface area contributed by atoms with Crippen molar-refractivity contribution in [3.8, 4) is 0 Å². The number of unbranched alkanes of at least 4 members (excludes halogenated alkanes) is 1. The molecule has 2 N–H and O–H groups in total. The minimum Gasteiger partial charge on any atom is -0.344 e. The van der Waals surface area contributed by atoms with Crippen molar-refractivity contribution in [1.82, 2.24) is 15.3 Å². The van der Waals surface area contributed by atoms with E-state index >= 15 is 0 Å². The normalized spacial score (nSPS) is 19.3. The molecule has 1 aliphatic rings. The van der Waals surface area contributed by atoms with Gasteiger partial charge >= 0.3 is 0 Å². The van der Waals surface area contributed by atoms with Gasteiger partial charge in [-0.3, -0.25) is 0 Å². The maximum Gasteiger partial charge on any atom is 0.151 e. The van der Waals surface area contributed by atoms with E-state index in [-0.39, 0.29) is 0 Å². The van der Waals surface area contributed by atoms with E-state index in [9.17, 15) is 0 Å². The highest BCUT2D eigenvalue weighted by atomic mass is 35.5. The van der Waals surface area contributed by atoms with E-state index < -0.39 is 0 Å². The van der Waals surface area contributed by atoms with Gasteiger partial charge in [0.1, 0.15) is 5.82 Å². The minimum absolute atomic E-state index is 0.577. The van der Waals surface area contributed by atoms with Crippen molar-refractivity contribution in [2.75, 3.05) is 0 Å². The second-order valence-electron chi connectivity index (χ2n) is 4.92. The van der Waals surface area contributed by atoms with E-state index in [4.69, 9.17) is 11.6 Å². The summed E-state index contributed by atoms with van der Waals surface area (Å²) in [5.74, 6) is 1.02. The molecular formula is C14H22ClN3. The molecule has 0 aliphatic heterocycles. The van der Waals surface area contributed by atoms with E-state index in [1.54, 1.807) is 0 Å². The van der Waals surface area contributed by atoms with Crippen LogP contribution in [0.25, 0.3) is 0 Å². The average Bonchev–Trinajstić information content (AvgIpc) is 2.76. The molecule has 0 aromatic carbocycles. The number of rotatable bonds is 6. The molecule has 0 spiro atoms. The van der Waals surface area contributed by atoms with Crippen molar-refractivity contribution in [3.63, 3.8) is 0 Å². The van der Waals surface area contributed by atoms with E-state index in [0.29, 0.717) is 11.2 Å². The number of aromatic amines is 1. The summed E-state index contributed by atoms with van der Waals surface area (Å²) in [6, 6.07) is 0.577. The Labute approximate surface area is 114 Å². The number of hydrogen-bond acceptors (Lipinski definition) is 2. The fourth-order valence-electron chi connectivity index (χ4n) is 2.24. The van der Waals surface area contributed by atoms with Gasteiger partial charge < -0.3 is 10.3 Å². The van der Waals surface area contributed by atoms with Crippen LogP contribution in [0, 0.1) is 0 Å². The topological polar surface area (TPSA) is 40.7 Å². The molecule has 1 aromatic rings. The molecule has 0 amide bonds. The van der Waals surface area contributed by atoms with Crippen molar-refractivity contribution in [3.05, 3.63) is 28.8 Å². The van der Waals surface area contributed by atoms with Gasteiger partial charge in [0.25, 0.3) is 0 Å². The SMILES string of the molecule is CCCCc1nc(Cl)c(CNC2CC=CCC2)[nH]1. The highest BCUT2D eigenvalue weighted by Gasteiger charge is 2.12. The zero-order valence-corrected chi connectivity index (χ0v) is 11.8. The monoisotopic (exact) mass is 267 g/mol. The number of aromatic nitrogens is 2. The summed E-state index contributed by atoms with van der Waals surface area (Å²) in [6.45, 7) is 2.97. The van der Waals surface area contributed by atoms with E-state index in [2.05, 4.69) is 34.4 Å². The van der Waals surface area contributed by atoms with Crippen LogP contribution in [0.2, 0.25) is 5.15 Å². The van der Waals surface area contributed by atoms with Crippen molar-refractivity contribution in [2.24, 2.45) is 0 Å². The number of H-pyrrole nitrogens is 1. The van der Waals surface area contributed by atoms with Gasteiger partial charge in [-0.2, -0.15) is 0 Å². The first-order valence-electron chi connectivity index (χ1n) is 6.91. The quantitative estimate of drug-likeness (QED) is 0.773. The second-order valence-corrected chi connectivity index (χ2v) is 5.28. The second kappa shape index (κ2) is 6.95. The molecule has 0 radical (unpaired) electrons. The smallest absolute Gasteiger partial charge is 0.151 e. The van der Waals surface area contributed by atoms with Crippen LogP contribution in [0.5, 0.6) is 0 Å². The number of nitrogens with zero attached hydrogens (tertiary/aromatic N) is 1. The summed E-state index contributed by atoms with van der Waals surface area (Å²) < 4.78 is 0. The zero-order chi connectivity index (χ0) is 12.8. The number of allylic oxidation sites excluding steroid dienone is 1. The van der Waals surface area contributed by atoms with Gasteiger partial charge in [-0.1, -0.05) is 37.1 Å². The standard InChI is InChI=1S/C14H22ClN3/c1-2-3-9-13-17-12(14(15)18-13)10-16-11-7-5-4-6-8-11/h4-5,11,16H,2-3,6-10H2,1H3,(H,17,18). The Balaban J connectivity index is 1.84. The lowest BCUT2D eigenvalue weighted by atomic mass is 10.0. The predicted molar refractivity (Wildman–Crippen MR) is 75.8 cm³/mol. The van der Waals surface area contributed by atoms with Crippen molar-refractivity contribution >= 4 is 11.6 Å². The number of hydrogen-bond donors (Lipinski definition) is 2. The van der Waals surface area contributed by atoms with Crippen LogP contribution in [0.4, 0.5) is 0 Å². The van der Waals surface area contributed by atoms with Gasteiger partial charge in [0, 0.05) is 19.0 Å². The largest absolute Gasteiger partial charge is 0.344 e. The Morgan fingerprint density at radius 3 is 3.11 bits per heavy atom. The summed E-state index contributed by atoms with van der Waals surface area (Å²) in [5, 5.41) is 4.17. The molecule has 0 saturated carbocycles. The first-order chi connectivity index (χ1) is 8.79. The van der Waals surface area contributed by atoms with Gasteiger partial charge in [0.05, 0.1) is 5.69 Å². The maximum absolute atomic E-state index is 6.15. The molecule has 1 aliphatic carbocycles. The minimum atomic E-state index is 0.577. The molecule has 1 atom stereocenters. The molecule has 1 aromatic heterocycles. The van der Waals surface area contributed by atoms with E-state index in [1.165, 1.54) is 19.3 Å². The third-order valence-electron chi connectivity index (χ3n) is 3.38. The number of imidazole rings is 1. The molecule has 1 heterocycles. The third-order valence-corrected chi connectivity index (χ3v) is 3.69. The van der Waals surface area contributed by atoms with Gasteiger partial charge in [0.15, 0.2) is 5.15 Å². The van der Waals surface area contributed by atoms with Gasteiger partial charge in [0.2, 0.25) is 0 Å². The lowest BCUT2D eigenvalue weighted by Crippen LogP contribution is -2.29. The van der Waals surface area contributed by atoms with Crippen LogP contribution in [0.1, 0.15) is 50.5 Å². The van der Waals surface area contributed by atoms with Gasteiger partial charge in [-0.25, -0.2) is 4.98 Å². The van der Waals surface area contributed by atoms with Crippen molar-refractivity contribution < 1.29 is 0 Å². The Hall–Kier alpha value is -0.800. The lowest BCUT2D eigenvalue weighted by molar-refractivity contribution is 0.471. The van der Waals surface area contributed by atoms with Crippen molar-refractivity contribution in [1.29, 1.82) is 0 Å². The Morgan fingerprint density at radius 2 is 2.39 bits per heavy atom. The predicted octanol–water partition coefficient (Wildman–Crippen LogP) is 3.60. The molecule has 18 heavy (non-hydrogen) atoms. The molecular weight excluding hydrogens is 246 g/mol. The Morgan fingerprint density at radius 1 is 1.50 bits per heavy atom. The molecule has 0 bridgehead atoms. The Kier molecular flexibility index (Phi) is 5.26. The summed E-state index contributed by atoms with van der Waals surface area (Å²) in [5.41, 5.74) is 1.03. The van der Waals surface area contributed by atoms with Crippen LogP contribution in [-0.4, -0.2) is 16.0 Å². The number of nitrogens with one attached hydrogen (secondary N) is 2. The first-order valence-corrected chi connectivity index (χ1v) is 7.29. The summed E-state index contributed by atoms with van der Waals surface area (Å²) >= 11 is 6.15. The molecule has 0 fully saturated rings. The third kappa shape index (κ3) is 3.85. The van der Waals surface area contributed by atoms with Gasteiger partial charge in [-0.05, 0) is 25.7 Å². The molecule has 3 nitrogen and oxygen atoms in total. The highest BCUT2D eigenvalue weighted by Crippen LogP contribution is 2.16. The summed E-state index contributed by atoms with van der Waals surface area (Å²) in [6.07, 6.45) is 11.3. The number of aryl methyl sites for hydroxylation is 1. The van der Waals surface area contributed by atoms with Crippen LogP contribution >= 0.6 is 11.6 Å². The molecule has 2 rings (SSSR count). The van der Waals surface area contributed by atoms with Crippen LogP contribution in [0.15, 0.2) is 12.2 Å². The van der Waals surface area contributed by atoms with Crippen molar-refractivity contribution in [2.45, 2.75) is 58.0 Å². The fraction of sp³-hybridized carbons (Fsp3) is 0.643. The first kappa shape index (κ1) is 13.6.